The monoisotopic (exact) mass is 241 g/mol. The molecule has 0 atom stereocenters. The van der Waals surface area contributed by atoms with Crippen molar-refractivity contribution in [1.82, 2.24) is 0 Å². The summed E-state index contributed by atoms with van der Waals surface area (Å²) in [6.07, 6.45) is 0.926. The van der Waals surface area contributed by atoms with Gasteiger partial charge >= 0.3 is 0 Å². The first-order valence-electron chi connectivity index (χ1n) is 5.34. The summed E-state index contributed by atoms with van der Waals surface area (Å²) in [6.45, 7) is 2.12. The van der Waals surface area contributed by atoms with Crippen molar-refractivity contribution in [2.45, 2.75) is 11.8 Å². The molecule has 0 spiro atoms. The second kappa shape index (κ2) is 4.62. The van der Waals surface area contributed by atoms with E-state index in [4.69, 9.17) is 26.8 Å². The maximum atomic E-state index is 6.12. The second-order valence-electron chi connectivity index (χ2n) is 4.16. The van der Waals surface area contributed by atoms with Crippen molar-refractivity contribution in [3.05, 3.63) is 28.8 Å². The van der Waals surface area contributed by atoms with Gasteiger partial charge in [-0.1, -0.05) is 17.7 Å². The van der Waals surface area contributed by atoms with Crippen LogP contribution in [-0.4, -0.2) is 26.9 Å². The van der Waals surface area contributed by atoms with Crippen molar-refractivity contribution in [2.24, 2.45) is 5.73 Å². The fourth-order valence-electron chi connectivity index (χ4n) is 2.08. The number of hydrogen-bond acceptors (Lipinski definition) is 3. The summed E-state index contributed by atoms with van der Waals surface area (Å²) in [5, 5.41) is 0.642. The smallest absolute Gasteiger partial charge is 0.137 e. The zero-order valence-corrected chi connectivity index (χ0v) is 10.1. The molecular weight excluding hydrogens is 226 g/mol. The quantitative estimate of drug-likeness (QED) is 0.877. The third kappa shape index (κ3) is 1.90. The van der Waals surface area contributed by atoms with E-state index in [0.29, 0.717) is 17.3 Å². The Labute approximate surface area is 100 Å². The fourth-order valence-corrected chi connectivity index (χ4v) is 2.33. The van der Waals surface area contributed by atoms with Crippen LogP contribution in [0.4, 0.5) is 0 Å². The van der Waals surface area contributed by atoms with Crippen LogP contribution in [0.3, 0.4) is 0 Å². The van der Waals surface area contributed by atoms with Crippen LogP contribution in [0.15, 0.2) is 18.2 Å². The van der Waals surface area contributed by atoms with Crippen molar-refractivity contribution in [3.8, 4) is 5.75 Å². The number of nitrogens with two attached hydrogens (primary N) is 1. The van der Waals surface area contributed by atoms with E-state index in [1.165, 1.54) is 5.56 Å². The summed E-state index contributed by atoms with van der Waals surface area (Å²) in [5.41, 5.74) is 6.89. The number of methoxy groups -OCH3 is 1. The minimum absolute atomic E-state index is 0.0602. The first-order valence-corrected chi connectivity index (χ1v) is 5.71. The molecule has 16 heavy (non-hydrogen) atoms. The average molecular weight is 242 g/mol. The van der Waals surface area contributed by atoms with Crippen molar-refractivity contribution < 1.29 is 9.47 Å². The molecule has 1 saturated heterocycles. The van der Waals surface area contributed by atoms with E-state index >= 15 is 0 Å². The van der Waals surface area contributed by atoms with Crippen molar-refractivity contribution in [2.75, 3.05) is 26.9 Å². The minimum atomic E-state index is 0.0602. The highest BCUT2D eigenvalue weighted by Gasteiger charge is 2.39. The van der Waals surface area contributed by atoms with Crippen LogP contribution in [0.2, 0.25) is 5.02 Å². The molecule has 0 radical (unpaired) electrons. The topological polar surface area (TPSA) is 44.5 Å². The normalized spacial score (nSPS) is 17.9. The van der Waals surface area contributed by atoms with Gasteiger partial charge in [0.1, 0.15) is 5.75 Å². The predicted octanol–water partition coefficient (Wildman–Crippen LogP) is 1.97. The third-order valence-electron chi connectivity index (χ3n) is 3.14. The highest BCUT2D eigenvalue weighted by Crippen LogP contribution is 2.38. The van der Waals surface area contributed by atoms with Crippen LogP contribution in [0.1, 0.15) is 12.0 Å². The van der Waals surface area contributed by atoms with Gasteiger partial charge in [-0.25, -0.2) is 0 Å². The molecule has 1 aromatic carbocycles. The van der Waals surface area contributed by atoms with Crippen molar-refractivity contribution in [1.29, 1.82) is 0 Å². The Hall–Kier alpha value is -0.770. The Morgan fingerprint density at radius 2 is 2.25 bits per heavy atom. The molecule has 1 aliphatic rings. The van der Waals surface area contributed by atoms with Crippen LogP contribution in [0, 0.1) is 0 Å². The first kappa shape index (κ1) is 11.7. The van der Waals surface area contributed by atoms with Gasteiger partial charge in [0.25, 0.3) is 0 Å². The predicted molar refractivity (Wildman–Crippen MR) is 64.2 cm³/mol. The van der Waals surface area contributed by atoms with E-state index in [2.05, 4.69) is 0 Å². The number of halogens is 1. The van der Waals surface area contributed by atoms with E-state index in [9.17, 15) is 0 Å². The van der Waals surface area contributed by atoms with E-state index in [1.807, 2.05) is 18.2 Å². The molecule has 3 nitrogen and oxygen atoms in total. The lowest BCUT2D eigenvalue weighted by Crippen LogP contribution is -2.48. The lowest BCUT2D eigenvalue weighted by Gasteiger charge is -2.42. The molecule has 2 rings (SSSR count). The van der Waals surface area contributed by atoms with Gasteiger partial charge in [-0.3, -0.25) is 0 Å². The Morgan fingerprint density at radius 3 is 2.69 bits per heavy atom. The summed E-state index contributed by atoms with van der Waals surface area (Å²) in [6, 6.07) is 5.90. The molecule has 4 heteroatoms. The van der Waals surface area contributed by atoms with E-state index < -0.39 is 0 Å². The summed E-state index contributed by atoms with van der Waals surface area (Å²) < 4.78 is 10.4. The lowest BCUT2D eigenvalue weighted by atomic mass is 9.76. The molecule has 88 valence electrons. The summed E-state index contributed by atoms with van der Waals surface area (Å²) >= 11 is 6.12. The molecule has 1 aliphatic heterocycles. The van der Waals surface area contributed by atoms with Crippen LogP contribution in [0.5, 0.6) is 5.75 Å². The van der Waals surface area contributed by atoms with Gasteiger partial charge in [0.05, 0.1) is 25.3 Å². The van der Waals surface area contributed by atoms with Crippen molar-refractivity contribution in [3.63, 3.8) is 0 Å². The number of benzene rings is 1. The molecule has 1 fully saturated rings. The molecule has 0 bridgehead atoms. The Morgan fingerprint density at radius 1 is 1.50 bits per heavy atom. The summed E-state index contributed by atoms with van der Waals surface area (Å²) in [4.78, 5) is 0. The Kier molecular flexibility index (Phi) is 3.38. The van der Waals surface area contributed by atoms with Gasteiger partial charge in [-0.05, 0) is 30.7 Å². The van der Waals surface area contributed by atoms with Gasteiger partial charge in [0, 0.05) is 5.41 Å². The Balaban J connectivity index is 2.29. The molecule has 1 aromatic rings. The summed E-state index contributed by atoms with van der Waals surface area (Å²) in [7, 11) is 1.61. The number of ether oxygens (including phenoxy) is 2. The van der Waals surface area contributed by atoms with Gasteiger partial charge < -0.3 is 15.2 Å². The number of rotatable bonds is 4. The van der Waals surface area contributed by atoms with Gasteiger partial charge in [-0.15, -0.1) is 0 Å². The largest absolute Gasteiger partial charge is 0.495 e. The second-order valence-corrected chi connectivity index (χ2v) is 4.57. The molecule has 0 aromatic heterocycles. The van der Waals surface area contributed by atoms with Crippen LogP contribution in [0.25, 0.3) is 0 Å². The molecule has 0 unspecified atom stereocenters. The molecule has 0 amide bonds. The van der Waals surface area contributed by atoms with E-state index in [0.717, 1.165) is 19.6 Å². The Bertz CT molecular complexity index is 377. The summed E-state index contributed by atoms with van der Waals surface area (Å²) in [5.74, 6) is 0.702. The number of hydrogen-bond donors (Lipinski definition) is 1. The third-order valence-corrected chi connectivity index (χ3v) is 3.44. The van der Waals surface area contributed by atoms with Crippen LogP contribution in [-0.2, 0) is 10.2 Å². The van der Waals surface area contributed by atoms with Crippen LogP contribution < -0.4 is 10.5 Å². The maximum Gasteiger partial charge on any atom is 0.137 e. The molecule has 0 saturated carbocycles. The minimum Gasteiger partial charge on any atom is -0.495 e. The molecule has 0 aliphatic carbocycles. The van der Waals surface area contributed by atoms with E-state index in [1.54, 1.807) is 7.11 Å². The van der Waals surface area contributed by atoms with Gasteiger partial charge in [0.2, 0.25) is 0 Å². The SMILES string of the molecule is COc1ccc(C2(CCN)COC2)cc1Cl. The van der Waals surface area contributed by atoms with Crippen molar-refractivity contribution >= 4 is 11.6 Å². The maximum absolute atomic E-state index is 6.12. The molecule has 2 N–H and O–H groups in total. The lowest BCUT2D eigenvalue weighted by molar-refractivity contribution is -0.0631. The molecular formula is C12H16ClNO2. The standard InChI is InChI=1S/C12H16ClNO2/c1-15-11-3-2-9(6-10(11)13)12(4-5-14)7-16-8-12/h2-3,6H,4-5,7-8,14H2,1H3. The zero-order chi connectivity index (χ0) is 11.6. The first-order chi connectivity index (χ1) is 7.72. The average Bonchev–Trinajstić information content (AvgIpc) is 2.23. The van der Waals surface area contributed by atoms with Crippen LogP contribution >= 0.6 is 11.6 Å². The van der Waals surface area contributed by atoms with E-state index in [-0.39, 0.29) is 5.41 Å². The zero-order valence-electron chi connectivity index (χ0n) is 9.33. The van der Waals surface area contributed by atoms with Gasteiger partial charge in [0.15, 0.2) is 0 Å². The molecule has 1 heterocycles. The highest BCUT2D eigenvalue weighted by molar-refractivity contribution is 6.32. The fraction of sp³-hybridized carbons (Fsp3) is 0.500. The van der Waals surface area contributed by atoms with Gasteiger partial charge in [-0.2, -0.15) is 0 Å². The highest BCUT2D eigenvalue weighted by atomic mass is 35.5.